The molecular weight excluding hydrogens is 336 g/mol. The molecule has 1 aliphatic heterocycles. The van der Waals surface area contributed by atoms with E-state index in [4.69, 9.17) is 4.74 Å². The molecule has 0 saturated carbocycles. The summed E-state index contributed by atoms with van der Waals surface area (Å²) in [6.07, 6.45) is 1.84. The van der Waals surface area contributed by atoms with E-state index in [1.807, 2.05) is 27.0 Å². The first-order valence-electron chi connectivity index (χ1n) is 7.29. The van der Waals surface area contributed by atoms with Crippen LogP contribution in [-0.4, -0.2) is 59.5 Å². The molecule has 0 aromatic carbocycles. The van der Waals surface area contributed by atoms with E-state index < -0.39 is 0 Å². The Morgan fingerprint density at radius 2 is 2.14 bits per heavy atom. The van der Waals surface area contributed by atoms with Crippen LogP contribution in [0.3, 0.4) is 0 Å². The van der Waals surface area contributed by atoms with Gasteiger partial charge >= 0.3 is 0 Å². The fourth-order valence-corrected chi connectivity index (χ4v) is 2.65. The molecule has 1 fully saturated rings. The molecule has 0 radical (unpaired) electrons. The lowest BCUT2D eigenvalue weighted by Crippen LogP contribution is -2.47. The largest absolute Gasteiger partial charge is 0.379 e. The second-order valence-corrected chi connectivity index (χ2v) is 6.40. The lowest BCUT2D eigenvalue weighted by Gasteiger charge is -2.29. The van der Waals surface area contributed by atoms with Crippen LogP contribution in [0.25, 0.3) is 0 Å². The molecule has 0 unspecified atom stereocenters. The molecule has 1 amide bonds. The van der Waals surface area contributed by atoms with E-state index >= 15 is 0 Å². The fourth-order valence-electron chi connectivity index (χ4n) is 2.36. The van der Waals surface area contributed by atoms with Gasteiger partial charge < -0.3 is 10.1 Å². The number of rotatable bonds is 5. The number of hydrogen-bond donors (Lipinski definition) is 1. The number of carbonyl (C=O) groups is 1. The summed E-state index contributed by atoms with van der Waals surface area (Å²) in [7, 11) is 0. The van der Waals surface area contributed by atoms with Crippen molar-refractivity contribution >= 4 is 21.8 Å². The summed E-state index contributed by atoms with van der Waals surface area (Å²) in [6.45, 7) is 10.1. The van der Waals surface area contributed by atoms with Crippen LogP contribution in [-0.2, 0) is 9.53 Å². The molecule has 1 aromatic rings. The van der Waals surface area contributed by atoms with Gasteiger partial charge in [-0.2, -0.15) is 5.10 Å². The maximum atomic E-state index is 12.3. The lowest BCUT2D eigenvalue weighted by atomic mass is 10.2. The minimum absolute atomic E-state index is 0.00856. The average molecular weight is 359 g/mol. The van der Waals surface area contributed by atoms with Gasteiger partial charge in [0.15, 0.2) is 0 Å². The van der Waals surface area contributed by atoms with Crippen LogP contribution in [0.5, 0.6) is 0 Å². The number of hydrogen-bond acceptors (Lipinski definition) is 4. The van der Waals surface area contributed by atoms with Gasteiger partial charge in [-0.3, -0.25) is 14.4 Å². The second kappa shape index (κ2) is 7.38. The topological polar surface area (TPSA) is 59.4 Å². The number of aryl methyl sites for hydroxylation is 1. The van der Waals surface area contributed by atoms with Crippen molar-refractivity contribution in [2.45, 2.75) is 32.9 Å². The Labute approximate surface area is 133 Å². The Kier molecular flexibility index (Phi) is 5.78. The van der Waals surface area contributed by atoms with Crippen LogP contribution in [0.2, 0.25) is 0 Å². The van der Waals surface area contributed by atoms with Crippen molar-refractivity contribution in [2.75, 3.05) is 32.8 Å². The van der Waals surface area contributed by atoms with Crippen molar-refractivity contribution < 1.29 is 9.53 Å². The fraction of sp³-hybridized carbons (Fsp3) is 0.714. The molecule has 118 valence electrons. The molecule has 2 heterocycles. The van der Waals surface area contributed by atoms with Gasteiger partial charge in [-0.15, -0.1) is 0 Å². The molecule has 21 heavy (non-hydrogen) atoms. The number of morpholine rings is 1. The molecule has 2 atom stereocenters. The average Bonchev–Trinajstić information content (AvgIpc) is 2.78. The molecule has 1 aromatic heterocycles. The summed E-state index contributed by atoms with van der Waals surface area (Å²) in [5, 5.41) is 7.39. The third-order valence-electron chi connectivity index (χ3n) is 3.66. The minimum Gasteiger partial charge on any atom is -0.379 e. The van der Waals surface area contributed by atoms with Crippen molar-refractivity contribution in [1.82, 2.24) is 20.0 Å². The van der Waals surface area contributed by atoms with E-state index in [2.05, 4.69) is 31.2 Å². The molecule has 2 rings (SSSR count). The zero-order valence-corrected chi connectivity index (χ0v) is 14.4. The minimum atomic E-state index is -0.317. The summed E-state index contributed by atoms with van der Waals surface area (Å²) < 4.78 is 7.94. The van der Waals surface area contributed by atoms with Gasteiger partial charge in [0, 0.05) is 31.9 Å². The van der Waals surface area contributed by atoms with E-state index in [0.29, 0.717) is 0 Å². The number of aromatic nitrogens is 2. The van der Waals surface area contributed by atoms with Crippen LogP contribution < -0.4 is 5.32 Å². The highest BCUT2D eigenvalue weighted by atomic mass is 79.9. The highest BCUT2D eigenvalue weighted by molar-refractivity contribution is 9.10. The second-order valence-electron chi connectivity index (χ2n) is 5.54. The Morgan fingerprint density at radius 1 is 1.48 bits per heavy atom. The van der Waals surface area contributed by atoms with Gasteiger partial charge in [0.1, 0.15) is 6.04 Å². The summed E-state index contributed by atoms with van der Waals surface area (Å²) >= 11 is 3.42. The maximum Gasteiger partial charge on any atom is 0.244 e. The van der Waals surface area contributed by atoms with Gasteiger partial charge in [0.2, 0.25) is 5.91 Å². The van der Waals surface area contributed by atoms with Crippen molar-refractivity contribution in [3.05, 3.63) is 16.4 Å². The third kappa shape index (κ3) is 4.52. The molecule has 1 aliphatic rings. The third-order valence-corrected chi connectivity index (χ3v) is 4.44. The Balaban J connectivity index is 1.84. The molecule has 0 aliphatic carbocycles. The predicted molar refractivity (Wildman–Crippen MR) is 84.2 cm³/mol. The van der Waals surface area contributed by atoms with Gasteiger partial charge in [0.05, 0.1) is 23.4 Å². The summed E-state index contributed by atoms with van der Waals surface area (Å²) in [6, 6.07) is -0.208. The standard InChI is InChI=1S/C14H23BrN4O2/c1-10(8-18-4-6-21-7-5-18)16-14(20)12(3)19-9-13(15)11(2)17-19/h9-10,12H,4-8H2,1-3H3,(H,16,20)/t10-,12-/m1/s1. The lowest BCUT2D eigenvalue weighted by molar-refractivity contribution is -0.124. The molecular formula is C14H23BrN4O2. The number of nitrogens with one attached hydrogen (secondary N) is 1. The number of ether oxygens (including phenoxy) is 1. The van der Waals surface area contributed by atoms with E-state index in [-0.39, 0.29) is 18.0 Å². The maximum absolute atomic E-state index is 12.3. The van der Waals surface area contributed by atoms with Crippen LogP contribution in [0.1, 0.15) is 25.6 Å². The molecule has 7 heteroatoms. The first kappa shape index (κ1) is 16.5. The Bertz CT molecular complexity index is 466. The van der Waals surface area contributed by atoms with Crippen LogP contribution in [0.15, 0.2) is 10.7 Å². The first-order valence-corrected chi connectivity index (χ1v) is 8.08. The summed E-state index contributed by atoms with van der Waals surface area (Å²) in [4.78, 5) is 14.6. The van der Waals surface area contributed by atoms with Crippen LogP contribution in [0, 0.1) is 6.92 Å². The van der Waals surface area contributed by atoms with E-state index in [1.54, 1.807) is 4.68 Å². The zero-order valence-electron chi connectivity index (χ0n) is 12.8. The Morgan fingerprint density at radius 3 is 2.71 bits per heavy atom. The number of amides is 1. The van der Waals surface area contributed by atoms with Crippen molar-refractivity contribution in [2.24, 2.45) is 0 Å². The van der Waals surface area contributed by atoms with Crippen molar-refractivity contribution in [3.8, 4) is 0 Å². The molecule has 0 bridgehead atoms. The SMILES string of the molecule is Cc1nn([C@H](C)C(=O)N[C@H](C)CN2CCOCC2)cc1Br. The first-order chi connectivity index (χ1) is 9.97. The quantitative estimate of drug-likeness (QED) is 0.862. The highest BCUT2D eigenvalue weighted by Crippen LogP contribution is 2.16. The molecule has 1 N–H and O–H groups in total. The van der Waals surface area contributed by atoms with Gasteiger partial charge in [-0.1, -0.05) is 0 Å². The molecule has 0 spiro atoms. The van der Waals surface area contributed by atoms with E-state index in [9.17, 15) is 4.79 Å². The van der Waals surface area contributed by atoms with Crippen molar-refractivity contribution in [1.29, 1.82) is 0 Å². The number of carbonyl (C=O) groups excluding carboxylic acids is 1. The van der Waals surface area contributed by atoms with E-state index in [1.165, 1.54) is 0 Å². The predicted octanol–water partition coefficient (Wildman–Crippen LogP) is 1.35. The summed E-state index contributed by atoms with van der Waals surface area (Å²) in [5.74, 6) is -0.00856. The van der Waals surface area contributed by atoms with Gasteiger partial charge in [0.25, 0.3) is 0 Å². The van der Waals surface area contributed by atoms with Gasteiger partial charge in [-0.05, 0) is 36.7 Å². The van der Waals surface area contributed by atoms with Crippen LogP contribution >= 0.6 is 15.9 Å². The van der Waals surface area contributed by atoms with Crippen molar-refractivity contribution in [3.63, 3.8) is 0 Å². The highest BCUT2D eigenvalue weighted by Gasteiger charge is 2.20. The van der Waals surface area contributed by atoms with Crippen LogP contribution in [0.4, 0.5) is 0 Å². The molecule has 1 saturated heterocycles. The monoisotopic (exact) mass is 358 g/mol. The van der Waals surface area contributed by atoms with Gasteiger partial charge in [-0.25, -0.2) is 0 Å². The number of nitrogens with zero attached hydrogens (tertiary/aromatic N) is 3. The van der Waals surface area contributed by atoms with E-state index in [0.717, 1.165) is 43.0 Å². The summed E-state index contributed by atoms with van der Waals surface area (Å²) in [5.41, 5.74) is 0.885. The zero-order chi connectivity index (χ0) is 15.4. The number of halogens is 1. The Hall–Kier alpha value is -0.920. The molecule has 6 nitrogen and oxygen atoms in total. The normalized spacial score (nSPS) is 19.2. The smallest absolute Gasteiger partial charge is 0.244 e.